The Hall–Kier alpha value is -3.48. The van der Waals surface area contributed by atoms with Crippen LogP contribution in [0.2, 0.25) is 0 Å². The number of carbonyl (C=O) groups is 2. The molecule has 0 bridgehead atoms. The van der Waals surface area contributed by atoms with Gasteiger partial charge in [0, 0.05) is 43.2 Å². The summed E-state index contributed by atoms with van der Waals surface area (Å²) in [5.74, 6) is 0.193. The number of hydrogen-bond acceptors (Lipinski definition) is 4. The van der Waals surface area contributed by atoms with Gasteiger partial charge < -0.3 is 25.8 Å². The lowest BCUT2D eigenvalue weighted by Gasteiger charge is -2.33. The normalized spacial score (nSPS) is 14.7. The monoisotopic (exact) mass is 587 g/mol. The number of nitrogens with one attached hydrogen (secondary N) is 3. The molecule has 1 aliphatic rings. The third-order valence-electron chi connectivity index (χ3n) is 7.08. The number of nitrogens with zero attached hydrogens (tertiary/aromatic N) is 2. The smallest absolute Gasteiger partial charge is 0.371 e. The summed E-state index contributed by atoms with van der Waals surface area (Å²) in [5, 5.41) is 7.35. The molecule has 41 heavy (non-hydrogen) atoms. The number of piperidine rings is 1. The molecule has 0 spiro atoms. The quantitative estimate of drug-likeness (QED) is 0.286. The Morgan fingerprint density at radius 3 is 1.98 bits per heavy atom. The number of urea groups is 1. The molecule has 0 unspecified atom stereocenters. The van der Waals surface area contributed by atoms with Gasteiger partial charge in [-0.05, 0) is 68.2 Å². The molecule has 0 atom stereocenters. The van der Waals surface area contributed by atoms with Crippen molar-refractivity contribution < 1.29 is 35.9 Å². The fourth-order valence-electron chi connectivity index (χ4n) is 4.60. The van der Waals surface area contributed by atoms with Crippen LogP contribution in [0.3, 0.4) is 0 Å². The summed E-state index contributed by atoms with van der Waals surface area (Å²) in [5.41, 5.74) is -2.66. The van der Waals surface area contributed by atoms with Gasteiger partial charge in [-0.3, -0.25) is 4.79 Å². The Morgan fingerprint density at radius 2 is 1.44 bits per heavy atom. The summed E-state index contributed by atoms with van der Waals surface area (Å²) in [4.78, 5) is 30.1. The predicted molar refractivity (Wildman–Crippen MR) is 146 cm³/mol. The molecule has 1 fully saturated rings. The minimum Gasteiger partial charge on any atom is -0.371 e. The van der Waals surface area contributed by atoms with E-state index in [9.17, 15) is 35.9 Å². The first-order valence-electron chi connectivity index (χ1n) is 13.5. The average molecular weight is 588 g/mol. The highest BCUT2D eigenvalue weighted by molar-refractivity contribution is 6.04. The Balaban J connectivity index is 1.82. The molecule has 7 nitrogen and oxygen atoms in total. The van der Waals surface area contributed by atoms with Crippen LogP contribution in [0.25, 0.3) is 0 Å². The van der Waals surface area contributed by atoms with E-state index < -0.39 is 35.2 Å². The fourth-order valence-corrected chi connectivity index (χ4v) is 4.60. The average Bonchev–Trinajstić information content (AvgIpc) is 2.90. The van der Waals surface area contributed by atoms with E-state index in [2.05, 4.69) is 27.4 Å². The topological polar surface area (TPSA) is 76.7 Å². The van der Waals surface area contributed by atoms with Crippen LogP contribution >= 0.6 is 0 Å². The summed E-state index contributed by atoms with van der Waals surface area (Å²) >= 11 is 0. The maximum absolute atomic E-state index is 13.2. The number of hydrogen-bond donors (Lipinski definition) is 3. The van der Waals surface area contributed by atoms with Gasteiger partial charge in [0.1, 0.15) is 0 Å². The first-order valence-corrected chi connectivity index (χ1v) is 13.5. The number of carbonyl (C=O) groups excluding carboxylic acids is 2. The molecule has 1 saturated heterocycles. The Bertz CT molecular complexity index is 1170. The minimum atomic E-state index is -5.05. The molecule has 0 aliphatic carbocycles. The molecule has 1 heterocycles. The molecule has 13 heteroatoms. The number of rotatable bonds is 9. The van der Waals surface area contributed by atoms with Crippen LogP contribution in [0.1, 0.15) is 55.1 Å². The number of likely N-dealkylation sites (N-methyl/N-ethyl adjacent to an activating group) is 1. The Morgan fingerprint density at radius 1 is 0.878 bits per heavy atom. The van der Waals surface area contributed by atoms with Gasteiger partial charge in [-0.15, -0.1) is 0 Å². The maximum atomic E-state index is 13.2. The number of benzene rings is 2. The molecule has 0 saturated carbocycles. The standard InChI is InChI=1S/C28H35F6N5O2/c1-4-38(5-2)13-10-35-25(40)23-17-21(6-7-24(23)39-11-8-18(3)9-12-39)36-26(41)37-22-15-19(27(29,30)31)14-20(16-22)28(32,33)34/h6-7,14-18H,4-5,8-13H2,1-3H3,(H,35,40)(H2,36,37,41). The number of amides is 3. The second-order valence-corrected chi connectivity index (χ2v) is 10.1. The lowest BCUT2D eigenvalue weighted by atomic mass is 9.98. The third kappa shape index (κ3) is 9.00. The summed E-state index contributed by atoms with van der Waals surface area (Å²) in [6.45, 7) is 10.4. The second kappa shape index (κ2) is 13.5. The van der Waals surface area contributed by atoms with Crippen LogP contribution < -0.4 is 20.9 Å². The first-order chi connectivity index (χ1) is 19.2. The Kier molecular flexibility index (Phi) is 10.5. The molecule has 3 amide bonds. The van der Waals surface area contributed by atoms with Gasteiger partial charge in [-0.25, -0.2) is 4.79 Å². The summed E-state index contributed by atoms with van der Waals surface area (Å²) < 4.78 is 79.1. The van der Waals surface area contributed by atoms with E-state index in [1.165, 1.54) is 12.1 Å². The van der Waals surface area contributed by atoms with Crippen molar-refractivity contribution >= 4 is 29.0 Å². The van der Waals surface area contributed by atoms with E-state index >= 15 is 0 Å². The molecule has 1 aliphatic heterocycles. The van der Waals surface area contributed by atoms with Crippen LogP contribution in [0, 0.1) is 5.92 Å². The molecule has 2 aromatic carbocycles. The maximum Gasteiger partial charge on any atom is 0.416 e. The van der Waals surface area contributed by atoms with Crippen molar-refractivity contribution in [3.8, 4) is 0 Å². The minimum absolute atomic E-state index is 0.0196. The van der Waals surface area contributed by atoms with Gasteiger partial charge in [-0.2, -0.15) is 26.3 Å². The molecule has 226 valence electrons. The largest absolute Gasteiger partial charge is 0.416 e. The van der Waals surface area contributed by atoms with E-state index in [1.54, 1.807) is 6.07 Å². The van der Waals surface area contributed by atoms with Crippen molar-refractivity contribution in [2.75, 3.05) is 54.8 Å². The lowest BCUT2D eigenvalue weighted by Crippen LogP contribution is -2.37. The van der Waals surface area contributed by atoms with E-state index in [-0.39, 0.29) is 17.7 Å². The molecule has 0 radical (unpaired) electrons. The lowest BCUT2D eigenvalue weighted by molar-refractivity contribution is -0.143. The molecule has 3 N–H and O–H groups in total. The van der Waals surface area contributed by atoms with E-state index in [1.807, 2.05) is 19.2 Å². The van der Waals surface area contributed by atoms with Crippen molar-refractivity contribution in [3.05, 3.63) is 53.1 Å². The van der Waals surface area contributed by atoms with Crippen molar-refractivity contribution in [1.82, 2.24) is 10.2 Å². The van der Waals surface area contributed by atoms with Crippen LogP contribution in [0.4, 0.5) is 48.2 Å². The fraction of sp³-hybridized carbons (Fsp3) is 0.500. The highest BCUT2D eigenvalue weighted by Gasteiger charge is 2.37. The highest BCUT2D eigenvalue weighted by atomic mass is 19.4. The highest BCUT2D eigenvalue weighted by Crippen LogP contribution is 2.37. The molecular formula is C28H35F6N5O2. The zero-order chi connectivity index (χ0) is 30.4. The number of halogens is 6. The van der Waals surface area contributed by atoms with Crippen molar-refractivity contribution in [2.24, 2.45) is 5.92 Å². The van der Waals surface area contributed by atoms with Crippen LogP contribution in [0.5, 0.6) is 0 Å². The van der Waals surface area contributed by atoms with E-state index in [4.69, 9.17) is 0 Å². The third-order valence-corrected chi connectivity index (χ3v) is 7.08. The summed E-state index contributed by atoms with van der Waals surface area (Å²) in [6, 6.07) is 4.42. The second-order valence-electron chi connectivity index (χ2n) is 10.1. The summed E-state index contributed by atoms with van der Waals surface area (Å²) in [6.07, 6.45) is -8.21. The van der Waals surface area contributed by atoms with Crippen LogP contribution in [-0.4, -0.2) is 56.1 Å². The Labute approximate surface area is 235 Å². The van der Waals surface area contributed by atoms with E-state index in [0.29, 0.717) is 42.4 Å². The molecule has 2 aromatic rings. The van der Waals surface area contributed by atoms with Gasteiger partial charge in [0.05, 0.1) is 16.7 Å². The predicted octanol–water partition coefficient (Wildman–Crippen LogP) is 6.68. The van der Waals surface area contributed by atoms with Crippen LogP contribution in [0.15, 0.2) is 36.4 Å². The number of anilines is 3. The first kappa shape index (κ1) is 32.0. The zero-order valence-electron chi connectivity index (χ0n) is 23.2. The van der Waals surface area contributed by atoms with Crippen LogP contribution in [-0.2, 0) is 12.4 Å². The zero-order valence-corrected chi connectivity index (χ0v) is 23.2. The molecule has 0 aromatic heterocycles. The SMILES string of the molecule is CCN(CC)CCNC(=O)c1cc(NC(=O)Nc2cc(C(F)(F)F)cc(C(F)(F)F)c2)ccc1N1CCC(C)CC1. The van der Waals surface area contributed by atoms with Gasteiger partial charge in [0.25, 0.3) is 5.91 Å². The van der Waals surface area contributed by atoms with Gasteiger partial charge in [-0.1, -0.05) is 20.8 Å². The van der Waals surface area contributed by atoms with Gasteiger partial charge in [0.2, 0.25) is 0 Å². The molecule has 3 rings (SSSR count). The summed E-state index contributed by atoms with van der Waals surface area (Å²) in [7, 11) is 0. The van der Waals surface area contributed by atoms with Crippen molar-refractivity contribution in [1.29, 1.82) is 0 Å². The van der Waals surface area contributed by atoms with Gasteiger partial charge in [0.15, 0.2) is 0 Å². The van der Waals surface area contributed by atoms with Crippen molar-refractivity contribution in [3.63, 3.8) is 0 Å². The van der Waals surface area contributed by atoms with Crippen molar-refractivity contribution in [2.45, 2.75) is 46.0 Å². The number of alkyl halides is 6. The van der Waals surface area contributed by atoms with E-state index in [0.717, 1.165) is 39.0 Å². The van der Waals surface area contributed by atoms with Gasteiger partial charge >= 0.3 is 18.4 Å². The molecular weight excluding hydrogens is 552 g/mol.